The van der Waals surface area contributed by atoms with Crippen LogP contribution in [0.5, 0.6) is 0 Å². The Kier molecular flexibility index (Phi) is 6.00. The van der Waals surface area contributed by atoms with Crippen molar-refractivity contribution in [3.8, 4) is 0 Å². The molecule has 0 saturated carbocycles. The highest BCUT2D eigenvalue weighted by molar-refractivity contribution is 5.89. The van der Waals surface area contributed by atoms with Gasteiger partial charge in [-0.2, -0.15) is 0 Å². The van der Waals surface area contributed by atoms with Crippen LogP contribution in [0, 0.1) is 0 Å². The predicted molar refractivity (Wildman–Crippen MR) is 150 cm³/mol. The summed E-state index contributed by atoms with van der Waals surface area (Å²) in [5, 5.41) is 0. The molecule has 3 aromatic carbocycles. The van der Waals surface area contributed by atoms with E-state index in [1.165, 1.54) is 11.1 Å². The highest BCUT2D eigenvalue weighted by Gasteiger charge is 2.41. The minimum Gasteiger partial charge on any atom is -0.340 e. The Hall–Kier alpha value is -3.44. The maximum Gasteiger partial charge on any atom is 0.221 e. The molecule has 0 saturated heterocycles. The number of ether oxygens (including phenoxy) is 1. The highest BCUT2D eigenvalue weighted by atomic mass is 16.5. The molecule has 1 aliphatic heterocycles. The van der Waals surface area contributed by atoms with Gasteiger partial charge in [-0.3, -0.25) is 9.80 Å². The summed E-state index contributed by atoms with van der Waals surface area (Å²) in [5.74, 6) is 1.60. The number of anilines is 4. The fourth-order valence-electron chi connectivity index (χ4n) is 4.67. The fourth-order valence-corrected chi connectivity index (χ4v) is 4.67. The summed E-state index contributed by atoms with van der Waals surface area (Å²) in [6.45, 7) is 16.0. The van der Waals surface area contributed by atoms with Crippen molar-refractivity contribution in [2.24, 2.45) is 0 Å². The molecule has 0 unspecified atom stereocenters. The van der Waals surface area contributed by atoms with Gasteiger partial charge in [-0.1, -0.05) is 77.9 Å². The zero-order valence-corrected chi connectivity index (χ0v) is 22.4. The van der Waals surface area contributed by atoms with Crippen LogP contribution in [-0.2, 0) is 15.6 Å². The van der Waals surface area contributed by atoms with E-state index >= 15 is 0 Å². The molecule has 1 aliphatic rings. The standard InChI is InChI=1S/C31H36N4O/c1-8-36-29-34(23-17-13-21(14-18-23)30(2,3)4)27-28(33-26-12-10-9-11-25(26)32-27)35(29)24-19-15-22(16-20-24)31(5,6)7/h9-20,29H,8H2,1-7H3. The highest BCUT2D eigenvalue weighted by Crippen LogP contribution is 2.47. The summed E-state index contributed by atoms with van der Waals surface area (Å²) >= 11 is 0. The van der Waals surface area contributed by atoms with E-state index in [9.17, 15) is 0 Å². The van der Waals surface area contributed by atoms with Crippen LogP contribution >= 0.6 is 0 Å². The van der Waals surface area contributed by atoms with Crippen molar-refractivity contribution in [3.63, 3.8) is 0 Å². The van der Waals surface area contributed by atoms with Crippen LogP contribution in [0.25, 0.3) is 11.0 Å². The van der Waals surface area contributed by atoms with E-state index in [4.69, 9.17) is 14.7 Å². The van der Waals surface area contributed by atoms with Crippen molar-refractivity contribution in [2.45, 2.75) is 65.6 Å². The Bertz CT molecular complexity index is 1260. The number of rotatable bonds is 4. The van der Waals surface area contributed by atoms with Crippen molar-refractivity contribution >= 4 is 34.0 Å². The second-order valence-corrected chi connectivity index (χ2v) is 11.5. The zero-order valence-electron chi connectivity index (χ0n) is 22.4. The van der Waals surface area contributed by atoms with Crippen LogP contribution in [0.15, 0.2) is 72.8 Å². The largest absolute Gasteiger partial charge is 0.340 e. The lowest BCUT2D eigenvalue weighted by Crippen LogP contribution is -2.41. The third-order valence-electron chi connectivity index (χ3n) is 6.77. The minimum atomic E-state index is -0.400. The second kappa shape index (κ2) is 8.90. The van der Waals surface area contributed by atoms with Gasteiger partial charge in [-0.25, -0.2) is 9.97 Å². The molecule has 36 heavy (non-hydrogen) atoms. The van der Waals surface area contributed by atoms with Gasteiger partial charge in [-0.05, 0) is 65.3 Å². The topological polar surface area (TPSA) is 41.5 Å². The average molecular weight is 481 g/mol. The van der Waals surface area contributed by atoms with Gasteiger partial charge in [0.25, 0.3) is 0 Å². The Morgan fingerprint density at radius 2 is 1.03 bits per heavy atom. The van der Waals surface area contributed by atoms with Gasteiger partial charge in [0.05, 0.1) is 11.0 Å². The molecule has 0 amide bonds. The summed E-state index contributed by atoms with van der Waals surface area (Å²) in [6, 6.07) is 25.5. The number of aromatic nitrogens is 2. The molecule has 0 N–H and O–H groups in total. The normalized spacial score (nSPS) is 14.5. The summed E-state index contributed by atoms with van der Waals surface area (Å²) in [5.41, 5.74) is 6.54. The van der Waals surface area contributed by atoms with Crippen LogP contribution in [0.1, 0.15) is 59.6 Å². The van der Waals surface area contributed by atoms with Gasteiger partial charge >= 0.3 is 0 Å². The molecule has 0 radical (unpaired) electrons. The molecule has 5 rings (SSSR count). The molecule has 0 aliphatic carbocycles. The first-order valence-corrected chi connectivity index (χ1v) is 12.8. The Labute approximate surface area is 214 Å². The van der Waals surface area contributed by atoms with Gasteiger partial charge in [-0.15, -0.1) is 0 Å². The lowest BCUT2D eigenvalue weighted by molar-refractivity contribution is 0.0767. The predicted octanol–water partition coefficient (Wildman–Crippen LogP) is 7.83. The van der Waals surface area contributed by atoms with E-state index < -0.39 is 6.35 Å². The van der Waals surface area contributed by atoms with Gasteiger partial charge in [0.2, 0.25) is 6.35 Å². The van der Waals surface area contributed by atoms with E-state index in [1.54, 1.807) is 0 Å². The first kappa shape index (κ1) is 24.3. The first-order chi connectivity index (χ1) is 17.1. The molecular weight excluding hydrogens is 444 g/mol. The van der Waals surface area contributed by atoms with Crippen LogP contribution in [0.2, 0.25) is 0 Å². The summed E-state index contributed by atoms with van der Waals surface area (Å²) < 4.78 is 6.41. The molecule has 0 atom stereocenters. The van der Waals surface area contributed by atoms with E-state index in [-0.39, 0.29) is 10.8 Å². The van der Waals surface area contributed by atoms with Crippen molar-refractivity contribution in [2.75, 3.05) is 16.4 Å². The summed E-state index contributed by atoms with van der Waals surface area (Å²) in [4.78, 5) is 14.5. The molecular formula is C31H36N4O. The van der Waals surface area contributed by atoms with Crippen LogP contribution in [0.4, 0.5) is 23.0 Å². The van der Waals surface area contributed by atoms with Crippen molar-refractivity contribution in [3.05, 3.63) is 83.9 Å². The maximum atomic E-state index is 6.41. The molecule has 0 fully saturated rings. The smallest absolute Gasteiger partial charge is 0.221 e. The molecule has 2 heterocycles. The van der Waals surface area contributed by atoms with E-state index in [2.05, 4.69) is 99.9 Å². The van der Waals surface area contributed by atoms with E-state index in [1.807, 2.05) is 31.2 Å². The quantitative estimate of drug-likeness (QED) is 0.298. The second-order valence-electron chi connectivity index (χ2n) is 11.5. The van der Waals surface area contributed by atoms with Gasteiger partial charge < -0.3 is 4.74 Å². The number of benzene rings is 3. The third kappa shape index (κ3) is 4.33. The Morgan fingerprint density at radius 3 is 1.36 bits per heavy atom. The Morgan fingerprint density at radius 1 is 0.639 bits per heavy atom. The minimum absolute atomic E-state index is 0.0810. The number of hydrogen-bond donors (Lipinski definition) is 0. The van der Waals surface area contributed by atoms with Gasteiger partial charge in [0.15, 0.2) is 11.6 Å². The third-order valence-corrected chi connectivity index (χ3v) is 6.77. The number of fused-ring (bicyclic) bond motifs is 2. The zero-order chi connectivity index (χ0) is 25.7. The SMILES string of the molecule is CCOC1N(c2ccc(C(C)(C)C)cc2)c2nc3ccccc3nc2N1c1ccc(C(C)(C)C)cc1. The van der Waals surface area contributed by atoms with Crippen molar-refractivity contribution in [1.82, 2.24) is 9.97 Å². The number of nitrogens with zero attached hydrogens (tertiary/aromatic N) is 4. The van der Waals surface area contributed by atoms with Crippen LogP contribution in [0.3, 0.4) is 0 Å². The van der Waals surface area contributed by atoms with Gasteiger partial charge in [0, 0.05) is 18.0 Å². The monoisotopic (exact) mass is 480 g/mol. The number of hydrogen-bond acceptors (Lipinski definition) is 5. The molecule has 4 aromatic rings. The lowest BCUT2D eigenvalue weighted by Gasteiger charge is -2.32. The lowest BCUT2D eigenvalue weighted by atomic mass is 9.87. The first-order valence-electron chi connectivity index (χ1n) is 12.8. The molecule has 5 nitrogen and oxygen atoms in total. The molecule has 5 heteroatoms. The van der Waals surface area contributed by atoms with Crippen LogP contribution in [-0.4, -0.2) is 22.9 Å². The summed E-state index contributed by atoms with van der Waals surface area (Å²) in [6.07, 6.45) is -0.400. The average Bonchev–Trinajstić information content (AvgIpc) is 3.14. The van der Waals surface area contributed by atoms with Gasteiger partial charge in [0.1, 0.15) is 0 Å². The van der Waals surface area contributed by atoms with Crippen molar-refractivity contribution < 1.29 is 4.74 Å². The molecule has 1 aromatic heterocycles. The summed E-state index contributed by atoms with van der Waals surface area (Å²) in [7, 11) is 0. The maximum absolute atomic E-state index is 6.41. The molecule has 0 spiro atoms. The molecule has 0 bridgehead atoms. The van der Waals surface area contributed by atoms with E-state index in [0.29, 0.717) is 6.61 Å². The van der Waals surface area contributed by atoms with E-state index in [0.717, 1.165) is 34.0 Å². The number of para-hydroxylation sites is 2. The van der Waals surface area contributed by atoms with Crippen molar-refractivity contribution in [1.29, 1.82) is 0 Å². The van der Waals surface area contributed by atoms with Crippen LogP contribution < -0.4 is 9.80 Å². The molecule has 186 valence electrons. The fraction of sp³-hybridized carbons (Fsp3) is 0.355. The Balaban J connectivity index is 1.68.